The SMILES string of the molecule is COCC(C)n1c(N)nc2cc(Cl)c(Cl)cc21. The number of nitrogen functional groups attached to an aromatic ring is 1. The number of ether oxygens (including phenoxy) is 1. The van der Waals surface area contributed by atoms with Crippen LogP contribution in [0.5, 0.6) is 0 Å². The summed E-state index contributed by atoms with van der Waals surface area (Å²) in [5.74, 6) is 0.433. The second kappa shape index (κ2) is 4.72. The van der Waals surface area contributed by atoms with E-state index < -0.39 is 0 Å². The monoisotopic (exact) mass is 273 g/mol. The molecule has 0 amide bonds. The molecule has 1 aromatic carbocycles. The highest BCUT2D eigenvalue weighted by atomic mass is 35.5. The third kappa shape index (κ3) is 2.20. The van der Waals surface area contributed by atoms with Gasteiger partial charge in [0.25, 0.3) is 0 Å². The van der Waals surface area contributed by atoms with Gasteiger partial charge in [0.15, 0.2) is 0 Å². The first kappa shape index (κ1) is 12.5. The Morgan fingerprint density at radius 1 is 1.41 bits per heavy atom. The lowest BCUT2D eigenvalue weighted by molar-refractivity contribution is 0.164. The molecular formula is C11H13Cl2N3O. The Bertz CT molecular complexity index is 553. The highest BCUT2D eigenvalue weighted by Crippen LogP contribution is 2.30. The van der Waals surface area contributed by atoms with Crippen molar-refractivity contribution in [3.05, 3.63) is 22.2 Å². The van der Waals surface area contributed by atoms with Crippen LogP contribution in [0.15, 0.2) is 12.1 Å². The molecule has 0 radical (unpaired) electrons. The van der Waals surface area contributed by atoms with Gasteiger partial charge in [-0.3, -0.25) is 0 Å². The van der Waals surface area contributed by atoms with Gasteiger partial charge in [0, 0.05) is 7.11 Å². The molecule has 2 rings (SSSR count). The lowest BCUT2D eigenvalue weighted by atomic mass is 10.3. The summed E-state index contributed by atoms with van der Waals surface area (Å²) >= 11 is 11.9. The Balaban J connectivity index is 2.62. The van der Waals surface area contributed by atoms with E-state index in [0.29, 0.717) is 22.6 Å². The van der Waals surface area contributed by atoms with Gasteiger partial charge in [-0.15, -0.1) is 0 Å². The Morgan fingerprint density at radius 3 is 2.71 bits per heavy atom. The average molecular weight is 274 g/mol. The molecule has 1 heterocycles. The smallest absolute Gasteiger partial charge is 0.201 e. The zero-order valence-corrected chi connectivity index (χ0v) is 11.1. The van der Waals surface area contributed by atoms with E-state index in [2.05, 4.69) is 4.98 Å². The number of halogens is 2. The number of nitrogens with two attached hydrogens (primary N) is 1. The van der Waals surface area contributed by atoms with Gasteiger partial charge in [-0.25, -0.2) is 4.98 Å². The van der Waals surface area contributed by atoms with Crippen LogP contribution >= 0.6 is 23.2 Å². The molecule has 6 heteroatoms. The molecule has 0 aliphatic heterocycles. The van der Waals surface area contributed by atoms with E-state index >= 15 is 0 Å². The zero-order valence-electron chi connectivity index (χ0n) is 9.58. The highest BCUT2D eigenvalue weighted by molar-refractivity contribution is 6.42. The Kier molecular flexibility index (Phi) is 3.47. The zero-order chi connectivity index (χ0) is 12.6. The molecule has 1 aromatic heterocycles. The molecule has 0 saturated carbocycles. The molecule has 1 unspecified atom stereocenters. The number of rotatable bonds is 3. The average Bonchev–Trinajstić information content (AvgIpc) is 2.55. The number of hydrogen-bond donors (Lipinski definition) is 1. The van der Waals surface area contributed by atoms with E-state index in [0.717, 1.165) is 11.0 Å². The lowest BCUT2D eigenvalue weighted by Gasteiger charge is -2.14. The predicted molar refractivity (Wildman–Crippen MR) is 70.8 cm³/mol. The topological polar surface area (TPSA) is 53.1 Å². The summed E-state index contributed by atoms with van der Waals surface area (Å²) in [6, 6.07) is 3.57. The highest BCUT2D eigenvalue weighted by Gasteiger charge is 2.15. The molecule has 4 nitrogen and oxygen atoms in total. The van der Waals surface area contributed by atoms with Crippen LogP contribution in [0.1, 0.15) is 13.0 Å². The van der Waals surface area contributed by atoms with Crippen LogP contribution in [-0.4, -0.2) is 23.3 Å². The first-order valence-electron chi connectivity index (χ1n) is 5.16. The van der Waals surface area contributed by atoms with Crippen LogP contribution in [0.25, 0.3) is 11.0 Å². The quantitative estimate of drug-likeness (QED) is 0.935. The standard InChI is InChI=1S/C11H13Cl2N3O/c1-6(5-17-2)16-10-4-8(13)7(12)3-9(10)15-11(16)14/h3-4,6H,5H2,1-2H3,(H2,14,15). The number of fused-ring (bicyclic) bond motifs is 1. The maximum absolute atomic E-state index is 6.01. The number of benzene rings is 1. The lowest BCUT2D eigenvalue weighted by Crippen LogP contribution is -2.13. The fraction of sp³-hybridized carbons (Fsp3) is 0.364. The van der Waals surface area contributed by atoms with E-state index in [9.17, 15) is 0 Å². The minimum absolute atomic E-state index is 0.0854. The summed E-state index contributed by atoms with van der Waals surface area (Å²) in [5, 5.41) is 0.966. The van der Waals surface area contributed by atoms with Crippen molar-refractivity contribution < 1.29 is 4.74 Å². The normalized spacial score (nSPS) is 13.2. The predicted octanol–water partition coefficient (Wildman–Crippen LogP) is 3.13. The van der Waals surface area contributed by atoms with Crippen molar-refractivity contribution >= 4 is 40.2 Å². The maximum Gasteiger partial charge on any atom is 0.201 e. The van der Waals surface area contributed by atoms with Gasteiger partial charge in [-0.2, -0.15) is 0 Å². The van der Waals surface area contributed by atoms with Crippen LogP contribution in [-0.2, 0) is 4.74 Å². The number of nitrogens with zero attached hydrogens (tertiary/aromatic N) is 2. The van der Waals surface area contributed by atoms with E-state index in [1.807, 2.05) is 11.5 Å². The van der Waals surface area contributed by atoms with Crippen LogP contribution in [0.2, 0.25) is 10.0 Å². The van der Waals surface area contributed by atoms with Crippen LogP contribution in [0.4, 0.5) is 5.95 Å². The molecule has 0 saturated heterocycles. The van der Waals surface area contributed by atoms with Crippen molar-refractivity contribution in [1.29, 1.82) is 0 Å². The molecule has 92 valence electrons. The van der Waals surface area contributed by atoms with Gasteiger partial charge in [0.2, 0.25) is 5.95 Å². The van der Waals surface area contributed by atoms with E-state index in [-0.39, 0.29) is 6.04 Å². The maximum atomic E-state index is 6.01. The van der Waals surface area contributed by atoms with Gasteiger partial charge < -0.3 is 15.0 Å². The molecule has 0 spiro atoms. The molecule has 0 aliphatic carbocycles. The first-order chi connectivity index (χ1) is 8.04. The number of aromatic nitrogens is 2. The van der Waals surface area contributed by atoms with Gasteiger partial charge in [0.05, 0.1) is 33.7 Å². The minimum Gasteiger partial charge on any atom is -0.383 e. The van der Waals surface area contributed by atoms with Gasteiger partial charge >= 0.3 is 0 Å². The summed E-state index contributed by atoms with van der Waals surface area (Å²) in [4.78, 5) is 4.26. The summed E-state index contributed by atoms with van der Waals surface area (Å²) in [5.41, 5.74) is 7.49. The van der Waals surface area contributed by atoms with Crippen molar-refractivity contribution in [2.75, 3.05) is 19.5 Å². The number of anilines is 1. The van der Waals surface area contributed by atoms with Crippen molar-refractivity contribution in [3.8, 4) is 0 Å². The summed E-state index contributed by atoms with van der Waals surface area (Å²) < 4.78 is 7.01. The van der Waals surface area contributed by atoms with E-state index in [1.165, 1.54) is 0 Å². The molecule has 0 aliphatic rings. The second-order valence-electron chi connectivity index (χ2n) is 3.90. The molecule has 2 aromatic rings. The number of imidazole rings is 1. The summed E-state index contributed by atoms with van der Waals surface area (Å²) in [7, 11) is 1.65. The Labute approximate surface area is 109 Å². The Hall–Kier alpha value is -0.970. The van der Waals surface area contributed by atoms with Crippen LogP contribution < -0.4 is 5.73 Å². The molecule has 0 fully saturated rings. The summed E-state index contributed by atoms with van der Waals surface area (Å²) in [6.07, 6.45) is 0. The van der Waals surface area contributed by atoms with Crippen LogP contribution in [0, 0.1) is 0 Å². The largest absolute Gasteiger partial charge is 0.383 e. The van der Waals surface area contributed by atoms with Crippen molar-refractivity contribution in [1.82, 2.24) is 9.55 Å². The molecule has 2 N–H and O–H groups in total. The second-order valence-corrected chi connectivity index (χ2v) is 4.71. The van der Waals surface area contributed by atoms with Gasteiger partial charge in [-0.1, -0.05) is 23.2 Å². The third-order valence-corrected chi connectivity index (χ3v) is 3.33. The third-order valence-electron chi connectivity index (χ3n) is 2.61. The molecule has 17 heavy (non-hydrogen) atoms. The number of hydrogen-bond acceptors (Lipinski definition) is 3. The van der Waals surface area contributed by atoms with Gasteiger partial charge in [-0.05, 0) is 19.1 Å². The van der Waals surface area contributed by atoms with Crippen LogP contribution in [0.3, 0.4) is 0 Å². The van der Waals surface area contributed by atoms with Gasteiger partial charge in [0.1, 0.15) is 0 Å². The summed E-state index contributed by atoms with van der Waals surface area (Å²) in [6.45, 7) is 2.55. The molecule has 0 bridgehead atoms. The van der Waals surface area contributed by atoms with Crippen molar-refractivity contribution in [2.24, 2.45) is 0 Å². The van der Waals surface area contributed by atoms with E-state index in [4.69, 9.17) is 33.7 Å². The van der Waals surface area contributed by atoms with Crippen molar-refractivity contribution in [3.63, 3.8) is 0 Å². The fourth-order valence-electron chi connectivity index (χ4n) is 1.89. The fourth-order valence-corrected chi connectivity index (χ4v) is 2.20. The Morgan fingerprint density at radius 2 is 2.06 bits per heavy atom. The minimum atomic E-state index is 0.0854. The molecular weight excluding hydrogens is 261 g/mol. The van der Waals surface area contributed by atoms with E-state index in [1.54, 1.807) is 19.2 Å². The van der Waals surface area contributed by atoms with Crippen molar-refractivity contribution in [2.45, 2.75) is 13.0 Å². The molecule has 1 atom stereocenters. The first-order valence-corrected chi connectivity index (χ1v) is 5.91. The number of methoxy groups -OCH3 is 1.